The minimum absolute atomic E-state index is 0.262. The first-order valence-electron chi connectivity index (χ1n) is 8.14. The highest BCUT2D eigenvalue weighted by molar-refractivity contribution is 5.69. The number of hydrogen-bond donors (Lipinski definition) is 0. The molecule has 1 aliphatic carbocycles. The highest BCUT2D eigenvalue weighted by Crippen LogP contribution is 2.36. The number of hydrogen-bond acceptors (Lipinski definition) is 2. The summed E-state index contributed by atoms with van der Waals surface area (Å²) in [4.78, 5) is 10.9. The second-order valence-corrected chi connectivity index (χ2v) is 5.99. The van der Waals surface area contributed by atoms with Gasteiger partial charge in [-0.05, 0) is 61.6 Å². The van der Waals surface area contributed by atoms with Gasteiger partial charge >= 0.3 is 5.97 Å². The van der Waals surface area contributed by atoms with Gasteiger partial charge in [0, 0.05) is 6.92 Å². The number of carbonyl (C=O) groups excluding carboxylic acids is 1. The van der Waals surface area contributed by atoms with Crippen molar-refractivity contribution in [2.24, 2.45) is 5.92 Å². The van der Waals surface area contributed by atoms with Crippen LogP contribution in [0.5, 0.6) is 5.75 Å². The van der Waals surface area contributed by atoms with Crippen LogP contribution in [-0.2, 0) is 4.79 Å². The van der Waals surface area contributed by atoms with E-state index in [-0.39, 0.29) is 5.97 Å². The molecule has 1 aromatic carbocycles. The lowest BCUT2D eigenvalue weighted by Crippen LogP contribution is -2.11. The average molecular weight is 286 g/mol. The van der Waals surface area contributed by atoms with Crippen molar-refractivity contribution in [3.8, 4) is 5.75 Å². The van der Waals surface area contributed by atoms with Crippen LogP contribution in [0.1, 0.15) is 63.9 Å². The first-order valence-corrected chi connectivity index (χ1v) is 8.14. The van der Waals surface area contributed by atoms with Crippen LogP contribution >= 0.6 is 0 Å². The van der Waals surface area contributed by atoms with Gasteiger partial charge in [-0.2, -0.15) is 0 Å². The predicted molar refractivity (Wildman–Crippen MR) is 86.5 cm³/mol. The molecule has 0 saturated heterocycles. The van der Waals surface area contributed by atoms with E-state index in [0.29, 0.717) is 11.7 Å². The second-order valence-electron chi connectivity index (χ2n) is 5.99. The van der Waals surface area contributed by atoms with Crippen LogP contribution in [0.3, 0.4) is 0 Å². The van der Waals surface area contributed by atoms with Gasteiger partial charge in [0.15, 0.2) is 0 Å². The van der Waals surface area contributed by atoms with Gasteiger partial charge in [0.1, 0.15) is 5.75 Å². The van der Waals surface area contributed by atoms with E-state index in [1.807, 2.05) is 12.1 Å². The number of carbonyl (C=O) groups is 1. The molecule has 1 fully saturated rings. The fourth-order valence-electron chi connectivity index (χ4n) is 3.07. The van der Waals surface area contributed by atoms with E-state index in [1.54, 1.807) is 0 Å². The minimum Gasteiger partial charge on any atom is -0.427 e. The molecule has 1 aromatic rings. The molecule has 0 aromatic heterocycles. The first kappa shape index (κ1) is 15.8. The Morgan fingerprint density at radius 1 is 1.19 bits per heavy atom. The number of allylic oxidation sites excluding steroid dienone is 2. The molecule has 2 rings (SSSR count). The molecule has 0 unspecified atom stereocenters. The maximum Gasteiger partial charge on any atom is 0.308 e. The first-order chi connectivity index (χ1) is 10.2. The van der Waals surface area contributed by atoms with Crippen molar-refractivity contribution in [2.45, 2.75) is 58.3 Å². The standard InChI is InChI=1S/C19H26O2/c1-3-4-5-6-16-7-9-17(10-8-16)18-11-13-19(14-12-18)21-15(2)20/h5-6,11-14,16-17H,3-4,7-10H2,1-2H3/b6-5+. The Morgan fingerprint density at radius 2 is 1.86 bits per heavy atom. The Morgan fingerprint density at radius 3 is 2.43 bits per heavy atom. The number of unbranched alkanes of at least 4 members (excludes halogenated alkanes) is 1. The van der Waals surface area contributed by atoms with Crippen molar-refractivity contribution in [1.82, 2.24) is 0 Å². The van der Waals surface area contributed by atoms with Crippen LogP contribution in [0.2, 0.25) is 0 Å². The summed E-state index contributed by atoms with van der Waals surface area (Å²) in [5.41, 5.74) is 1.38. The third-order valence-electron chi connectivity index (χ3n) is 4.25. The second kappa shape index (κ2) is 8.02. The zero-order valence-corrected chi connectivity index (χ0v) is 13.2. The number of rotatable bonds is 5. The topological polar surface area (TPSA) is 26.3 Å². The Balaban J connectivity index is 1.85. The smallest absolute Gasteiger partial charge is 0.308 e. The van der Waals surface area contributed by atoms with Crippen molar-refractivity contribution >= 4 is 5.97 Å². The molecule has 2 nitrogen and oxygen atoms in total. The van der Waals surface area contributed by atoms with Crippen LogP contribution in [-0.4, -0.2) is 5.97 Å². The number of esters is 1. The van der Waals surface area contributed by atoms with Gasteiger partial charge in [-0.15, -0.1) is 0 Å². The normalized spacial score (nSPS) is 22.4. The molecule has 0 amide bonds. The van der Waals surface area contributed by atoms with Gasteiger partial charge in [0.2, 0.25) is 0 Å². The van der Waals surface area contributed by atoms with E-state index in [2.05, 4.69) is 31.2 Å². The zero-order chi connectivity index (χ0) is 15.1. The molecule has 0 radical (unpaired) electrons. The van der Waals surface area contributed by atoms with Crippen molar-refractivity contribution in [2.75, 3.05) is 0 Å². The van der Waals surface area contributed by atoms with Crippen molar-refractivity contribution < 1.29 is 9.53 Å². The molecule has 0 heterocycles. The quantitative estimate of drug-likeness (QED) is 0.420. The van der Waals surface area contributed by atoms with Crippen LogP contribution in [0, 0.1) is 5.92 Å². The van der Waals surface area contributed by atoms with E-state index >= 15 is 0 Å². The summed E-state index contributed by atoms with van der Waals surface area (Å²) < 4.78 is 5.08. The summed E-state index contributed by atoms with van der Waals surface area (Å²) in [5, 5.41) is 0. The van der Waals surface area contributed by atoms with E-state index in [9.17, 15) is 4.79 Å². The summed E-state index contributed by atoms with van der Waals surface area (Å²) in [6, 6.07) is 8.03. The van der Waals surface area contributed by atoms with E-state index in [1.165, 1.54) is 51.0 Å². The zero-order valence-electron chi connectivity index (χ0n) is 13.2. The lowest BCUT2D eigenvalue weighted by atomic mass is 9.78. The molecule has 0 aliphatic heterocycles. The SMILES string of the molecule is CCC/C=C/C1CCC(c2ccc(OC(C)=O)cc2)CC1. The lowest BCUT2D eigenvalue weighted by Gasteiger charge is -2.27. The van der Waals surface area contributed by atoms with Crippen LogP contribution in [0.25, 0.3) is 0 Å². The van der Waals surface area contributed by atoms with Crippen LogP contribution < -0.4 is 4.74 Å². The minimum atomic E-state index is -0.262. The van der Waals surface area contributed by atoms with Crippen molar-refractivity contribution in [1.29, 1.82) is 0 Å². The van der Waals surface area contributed by atoms with Crippen LogP contribution in [0.4, 0.5) is 0 Å². The molecule has 0 spiro atoms. The molecular formula is C19H26O2. The molecule has 21 heavy (non-hydrogen) atoms. The number of ether oxygens (including phenoxy) is 1. The van der Waals surface area contributed by atoms with Gasteiger partial charge in [0.05, 0.1) is 0 Å². The van der Waals surface area contributed by atoms with Gasteiger partial charge in [-0.1, -0.05) is 37.6 Å². The van der Waals surface area contributed by atoms with Crippen molar-refractivity contribution in [3.05, 3.63) is 42.0 Å². The molecular weight excluding hydrogens is 260 g/mol. The Bertz CT molecular complexity index is 465. The molecule has 0 bridgehead atoms. The largest absolute Gasteiger partial charge is 0.427 e. The molecule has 1 saturated carbocycles. The van der Waals surface area contributed by atoms with E-state index in [0.717, 1.165) is 5.92 Å². The monoisotopic (exact) mass is 286 g/mol. The fourth-order valence-corrected chi connectivity index (χ4v) is 3.07. The molecule has 0 N–H and O–H groups in total. The Hall–Kier alpha value is -1.57. The molecule has 2 heteroatoms. The summed E-state index contributed by atoms with van der Waals surface area (Å²) in [6.45, 7) is 3.65. The Kier molecular flexibility index (Phi) is 6.04. The van der Waals surface area contributed by atoms with Crippen molar-refractivity contribution in [3.63, 3.8) is 0 Å². The van der Waals surface area contributed by atoms with Gasteiger partial charge in [0.25, 0.3) is 0 Å². The molecule has 114 valence electrons. The van der Waals surface area contributed by atoms with Gasteiger partial charge in [-0.3, -0.25) is 4.79 Å². The lowest BCUT2D eigenvalue weighted by molar-refractivity contribution is -0.131. The molecule has 0 atom stereocenters. The van der Waals surface area contributed by atoms with Gasteiger partial charge < -0.3 is 4.74 Å². The third kappa shape index (κ3) is 5.04. The predicted octanol–water partition coefficient (Wildman–Crippen LogP) is 5.24. The Labute approximate surface area is 128 Å². The summed E-state index contributed by atoms with van der Waals surface area (Å²) >= 11 is 0. The maximum atomic E-state index is 10.9. The fraction of sp³-hybridized carbons (Fsp3) is 0.526. The number of benzene rings is 1. The van der Waals surface area contributed by atoms with E-state index in [4.69, 9.17) is 4.74 Å². The average Bonchev–Trinajstić information content (AvgIpc) is 2.49. The van der Waals surface area contributed by atoms with Crippen LogP contribution in [0.15, 0.2) is 36.4 Å². The van der Waals surface area contributed by atoms with E-state index < -0.39 is 0 Å². The highest BCUT2D eigenvalue weighted by Gasteiger charge is 2.20. The van der Waals surface area contributed by atoms with Gasteiger partial charge in [-0.25, -0.2) is 0 Å². The third-order valence-corrected chi connectivity index (χ3v) is 4.25. The summed E-state index contributed by atoms with van der Waals surface area (Å²) in [6.07, 6.45) is 12.3. The maximum absolute atomic E-state index is 10.9. The highest BCUT2D eigenvalue weighted by atomic mass is 16.5. The summed E-state index contributed by atoms with van der Waals surface area (Å²) in [5.74, 6) is 1.81. The molecule has 1 aliphatic rings. The summed E-state index contributed by atoms with van der Waals surface area (Å²) in [7, 11) is 0.